The summed E-state index contributed by atoms with van der Waals surface area (Å²) >= 11 is 2.06. The van der Waals surface area contributed by atoms with Crippen molar-refractivity contribution in [3.05, 3.63) is 35.4 Å². The summed E-state index contributed by atoms with van der Waals surface area (Å²) in [4.78, 5) is 10.6. The molecular weight excluding hydrogens is 258 g/mol. The Balaban J connectivity index is 1.78. The lowest BCUT2D eigenvalue weighted by atomic mass is 10.1. The van der Waals surface area contributed by atoms with Gasteiger partial charge < -0.3 is 10.4 Å². The van der Waals surface area contributed by atoms with Crippen LogP contribution in [-0.2, 0) is 17.8 Å². The number of benzene rings is 1. The third-order valence-electron chi connectivity index (χ3n) is 3.51. The first-order valence-electron chi connectivity index (χ1n) is 6.72. The third kappa shape index (κ3) is 4.55. The first kappa shape index (κ1) is 14.4. The van der Waals surface area contributed by atoms with Gasteiger partial charge in [-0.2, -0.15) is 11.8 Å². The van der Waals surface area contributed by atoms with E-state index in [0.29, 0.717) is 4.75 Å². The number of carboxylic acid groups (broad SMARTS) is 1. The Kier molecular flexibility index (Phi) is 4.88. The molecule has 3 nitrogen and oxygen atoms in total. The number of carboxylic acids is 1. The maximum absolute atomic E-state index is 10.6. The van der Waals surface area contributed by atoms with Crippen molar-refractivity contribution < 1.29 is 9.90 Å². The fourth-order valence-electron chi connectivity index (χ4n) is 2.40. The molecule has 1 aromatic carbocycles. The summed E-state index contributed by atoms with van der Waals surface area (Å²) in [5, 5.41) is 12.2. The standard InChI is InChI=1S/C15H21NO2S/c1-15(7-2-8-19-15)11-16-10-13-5-3-12(4-6-13)9-14(17)18/h3-6,16H,2,7-11H2,1H3,(H,17,18). The molecule has 1 aliphatic heterocycles. The average molecular weight is 279 g/mol. The molecule has 1 atom stereocenters. The van der Waals surface area contributed by atoms with Crippen LogP contribution in [0.5, 0.6) is 0 Å². The topological polar surface area (TPSA) is 49.3 Å². The Morgan fingerprint density at radius 3 is 2.63 bits per heavy atom. The minimum absolute atomic E-state index is 0.0996. The van der Waals surface area contributed by atoms with Crippen LogP contribution in [0.25, 0.3) is 0 Å². The molecule has 2 N–H and O–H groups in total. The largest absolute Gasteiger partial charge is 0.481 e. The molecule has 0 amide bonds. The van der Waals surface area contributed by atoms with Crippen molar-refractivity contribution in [3.63, 3.8) is 0 Å². The Morgan fingerprint density at radius 1 is 1.37 bits per heavy atom. The highest BCUT2D eigenvalue weighted by Gasteiger charge is 2.28. The molecule has 1 aliphatic rings. The lowest BCUT2D eigenvalue weighted by molar-refractivity contribution is -0.136. The fourth-order valence-corrected chi connectivity index (χ4v) is 3.67. The highest BCUT2D eigenvalue weighted by molar-refractivity contribution is 8.00. The molecule has 104 valence electrons. The number of thioether (sulfide) groups is 1. The zero-order chi connectivity index (χ0) is 13.7. The van der Waals surface area contributed by atoms with Gasteiger partial charge in [-0.1, -0.05) is 24.3 Å². The van der Waals surface area contributed by atoms with Crippen LogP contribution in [0, 0.1) is 0 Å². The number of carbonyl (C=O) groups is 1. The van der Waals surface area contributed by atoms with Gasteiger partial charge in [-0.15, -0.1) is 0 Å². The van der Waals surface area contributed by atoms with Gasteiger partial charge in [0.2, 0.25) is 0 Å². The van der Waals surface area contributed by atoms with Gasteiger partial charge >= 0.3 is 5.97 Å². The van der Waals surface area contributed by atoms with Crippen molar-refractivity contribution in [2.45, 2.75) is 37.5 Å². The van der Waals surface area contributed by atoms with Gasteiger partial charge in [-0.25, -0.2) is 0 Å². The molecule has 1 fully saturated rings. The lowest BCUT2D eigenvalue weighted by Gasteiger charge is -2.23. The molecule has 0 radical (unpaired) electrons. The van der Waals surface area contributed by atoms with Crippen LogP contribution in [0.15, 0.2) is 24.3 Å². The Morgan fingerprint density at radius 2 is 2.05 bits per heavy atom. The van der Waals surface area contributed by atoms with Gasteiger partial charge in [0.25, 0.3) is 0 Å². The summed E-state index contributed by atoms with van der Waals surface area (Å²) in [5.41, 5.74) is 2.07. The molecule has 4 heteroatoms. The molecule has 1 saturated heterocycles. The lowest BCUT2D eigenvalue weighted by Crippen LogP contribution is -2.32. The molecule has 0 aliphatic carbocycles. The molecular formula is C15H21NO2S. The molecule has 0 aromatic heterocycles. The van der Waals surface area contributed by atoms with Gasteiger partial charge in [-0.05, 0) is 36.6 Å². The van der Waals surface area contributed by atoms with Crippen LogP contribution in [0.2, 0.25) is 0 Å². The second-order valence-electron chi connectivity index (χ2n) is 5.39. The Bertz CT molecular complexity index is 424. The van der Waals surface area contributed by atoms with E-state index in [-0.39, 0.29) is 6.42 Å². The SMILES string of the molecule is CC1(CNCc2ccc(CC(=O)O)cc2)CCCS1. The van der Waals surface area contributed by atoms with Gasteiger partial charge in [-0.3, -0.25) is 4.79 Å². The minimum Gasteiger partial charge on any atom is -0.481 e. The summed E-state index contributed by atoms with van der Waals surface area (Å²) in [5.74, 6) is 0.499. The highest BCUT2D eigenvalue weighted by Crippen LogP contribution is 2.36. The fraction of sp³-hybridized carbons (Fsp3) is 0.533. The summed E-state index contributed by atoms with van der Waals surface area (Å²) in [7, 11) is 0. The summed E-state index contributed by atoms with van der Waals surface area (Å²) in [6.07, 6.45) is 2.72. The molecule has 0 saturated carbocycles. The second-order valence-corrected chi connectivity index (χ2v) is 7.08. The third-order valence-corrected chi connectivity index (χ3v) is 5.05. The molecule has 2 rings (SSSR count). The van der Waals surface area contributed by atoms with Gasteiger partial charge in [0, 0.05) is 17.8 Å². The van der Waals surface area contributed by atoms with E-state index >= 15 is 0 Å². The van der Waals surface area contributed by atoms with Crippen LogP contribution in [0.1, 0.15) is 30.9 Å². The van der Waals surface area contributed by atoms with Crippen molar-refractivity contribution >= 4 is 17.7 Å². The maximum Gasteiger partial charge on any atom is 0.307 e. The Labute approximate surface area is 118 Å². The first-order valence-corrected chi connectivity index (χ1v) is 7.70. The van der Waals surface area contributed by atoms with E-state index in [2.05, 4.69) is 24.0 Å². The normalized spacial score (nSPS) is 22.6. The molecule has 1 heterocycles. The molecule has 1 aromatic rings. The average Bonchev–Trinajstić information content (AvgIpc) is 2.78. The molecule has 0 spiro atoms. The van der Waals surface area contributed by atoms with Crippen LogP contribution in [-0.4, -0.2) is 28.1 Å². The Hall–Kier alpha value is -1.00. The number of hydrogen-bond acceptors (Lipinski definition) is 3. The van der Waals surface area contributed by atoms with Crippen LogP contribution in [0.3, 0.4) is 0 Å². The molecule has 0 bridgehead atoms. The number of nitrogens with one attached hydrogen (secondary N) is 1. The van der Waals surface area contributed by atoms with Gasteiger partial charge in [0.1, 0.15) is 0 Å². The summed E-state index contributed by atoms with van der Waals surface area (Å²) in [6.45, 7) is 4.21. The summed E-state index contributed by atoms with van der Waals surface area (Å²) < 4.78 is 0.392. The molecule has 19 heavy (non-hydrogen) atoms. The van der Waals surface area contributed by atoms with E-state index in [1.807, 2.05) is 24.3 Å². The zero-order valence-electron chi connectivity index (χ0n) is 11.3. The van der Waals surface area contributed by atoms with Crippen molar-refractivity contribution in [1.29, 1.82) is 0 Å². The number of hydrogen-bond donors (Lipinski definition) is 2. The van der Waals surface area contributed by atoms with Crippen molar-refractivity contribution in [2.24, 2.45) is 0 Å². The first-order chi connectivity index (χ1) is 9.07. The summed E-state index contributed by atoms with van der Waals surface area (Å²) in [6, 6.07) is 7.82. The zero-order valence-corrected chi connectivity index (χ0v) is 12.1. The van der Waals surface area contributed by atoms with E-state index in [0.717, 1.165) is 18.7 Å². The predicted octanol–water partition coefficient (Wildman–Crippen LogP) is 2.69. The monoisotopic (exact) mass is 279 g/mol. The van der Waals surface area contributed by atoms with Gasteiger partial charge in [0.15, 0.2) is 0 Å². The van der Waals surface area contributed by atoms with E-state index < -0.39 is 5.97 Å². The van der Waals surface area contributed by atoms with Gasteiger partial charge in [0.05, 0.1) is 6.42 Å². The predicted molar refractivity (Wildman–Crippen MR) is 79.6 cm³/mol. The molecule has 1 unspecified atom stereocenters. The van der Waals surface area contributed by atoms with Crippen molar-refractivity contribution in [3.8, 4) is 0 Å². The maximum atomic E-state index is 10.6. The van der Waals surface area contributed by atoms with E-state index in [4.69, 9.17) is 5.11 Å². The minimum atomic E-state index is -0.781. The van der Waals surface area contributed by atoms with Crippen LogP contribution >= 0.6 is 11.8 Å². The van der Waals surface area contributed by atoms with E-state index in [1.54, 1.807) is 0 Å². The number of aliphatic carboxylic acids is 1. The van der Waals surface area contributed by atoms with E-state index in [1.165, 1.54) is 24.2 Å². The van der Waals surface area contributed by atoms with Crippen LogP contribution in [0.4, 0.5) is 0 Å². The van der Waals surface area contributed by atoms with Crippen molar-refractivity contribution in [1.82, 2.24) is 5.32 Å². The van der Waals surface area contributed by atoms with Crippen molar-refractivity contribution in [2.75, 3.05) is 12.3 Å². The number of rotatable bonds is 6. The quantitative estimate of drug-likeness (QED) is 0.840. The van der Waals surface area contributed by atoms with Crippen LogP contribution < -0.4 is 5.32 Å². The highest BCUT2D eigenvalue weighted by atomic mass is 32.2. The smallest absolute Gasteiger partial charge is 0.307 e. The second kappa shape index (κ2) is 6.44. The van der Waals surface area contributed by atoms with E-state index in [9.17, 15) is 4.79 Å².